The predicted octanol–water partition coefficient (Wildman–Crippen LogP) is -0.163. The van der Waals surface area contributed by atoms with Crippen LogP contribution in [0.1, 0.15) is 25.7 Å². The molecule has 1 aliphatic carbocycles. The third-order valence-electron chi connectivity index (χ3n) is 1.77. The first-order valence-electron chi connectivity index (χ1n) is 3.77. The van der Waals surface area contributed by atoms with Gasteiger partial charge in [0, 0.05) is 12.8 Å². The highest BCUT2D eigenvalue weighted by Gasteiger charge is 2.29. The molecule has 0 spiro atoms. The zero-order valence-corrected chi connectivity index (χ0v) is 6.46. The molecule has 0 atom stereocenters. The Morgan fingerprint density at radius 2 is 1.00 bits per heavy atom. The van der Waals surface area contributed by atoms with Crippen LogP contribution >= 0.6 is 0 Å². The van der Waals surface area contributed by atoms with Crippen molar-refractivity contribution >= 4 is 23.1 Å². The Morgan fingerprint density at radius 3 is 1.33 bits per heavy atom. The van der Waals surface area contributed by atoms with Crippen LogP contribution in [0.2, 0.25) is 0 Å². The number of carbonyl (C=O) groups excluding carboxylic acids is 4. The van der Waals surface area contributed by atoms with Crippen molar-refractivity contribution in [2.75, 3.05) is 0 Å². The fourth-order valence-electron chi connectivity index (χ4n) is 1.05. The molecule has 12 heavy (non-hydrogen) atoms. The summed E-state index contributed by atoms with van der Waals surface area (Å²) in [5.74, 6) is -3.74. The molecule has 0 heterocycles. The van der Waals surface area contributed by atoms with E-state index in [1.54, 1.807) is 0 Å². The molecular weight excluding hydrogens is 160 g/mol. The van der Waals surface area contributed by atoms with Gasteiger partial charge in [-0.05, 0) is 12.8 Å². The van der Waals surface area contributed by atoms with Crippen molar-refractivity contribution < 1.29 is 19.2 Å². The standard InChI is InChI=1S/C8H8O4/c9-5-3-1-2-4-6(10)8(12)7(5)11/h1-4H2. The van der Waals surface area contributed by atoms with Crippen molar-refractivity contribution in [3.05, 3.63) is 0 Å². The summed E-state index contributed by atoms with van der Waals surface area (Å²) in [5, 5.41) is 0. The van der Waals surface area contributed by atoms with E-state index in [1.165, 1.54) is 0 Å². The highest BCUT2D eigenvalue weighted by Crippen LogP contribution is 2.07. The average molecular weight is 168 g/mol. The predicted molar refractivity (Wildman–Crippen MR) is 38.5 cm³/mol. The van der Waals surface area contributed by atoms with Crippen LogP contribution in [0, 0.1) is 0 Å². The molecule has 0 aromatic rings. The molecule has 0 aliphatic heterocycles. The van der Waals surface area contributed by atoms with Crippen molar-refractivity contribution in [3.8, 4) is 0 Å². The maximum absolute atomic E-state index is 10.8. The fourth-order valence-corrected chi connectivity index (χ4v) is 1.05. The minimum absolute atomic E-state index is 0.0951. The molecule has 4 heteroatoms. The molecule has 0 radical (unpaired) electrons. The van der Waals surface area contributed by atoms with Crippen molar-refractivity contribution in [1.29, 1.82) is 0 Å². The molecule has 1 fully saturated rings. The zero-order chi connectivity index (χ0) is 9.14. The third-order valence-corrected chi connectivity index (χ3v) is 1.77. The van der Waals surface area contributed by atoms with Crippen molar-refractivity contribution in [2.24, 2.45) is 0 Å². The second kappa shape index (κ2) is 3.38. The molecule has 4 nitrogen and oxygen atoms in total. The van der Waals surface area contributed by atoms with Crippen LogP contribution in [0.5, 0.6) is 0 Å². The van der Waals surface area contributed by atoms with Crippen LogP contribution < -0.4 is 0 Å². The molecule has 0 aromatic carbocycles. The first-order chi connectivity index (χ1) is 5.63. The molecular formula is C8H8O4. The summed E-state index contributed by atoms with van der Waals surface area (Å²) in [4.78, 5) is 43.2. The Bertz CT molecular complexity index is 236. The quantitative estimate of drug-likeness (QED) is 0.471. The summed E-state index contributed by atoms with van der Waals surface area (Å²) < 4.78 is 0. The van der Waals surface area contributed by atoms with Crippen molar-refractivity contribution in [2.45, 2.75) is 25.7 Å². The second-order valence-corrected chi connectivity index (χ2v) is 2.71. The van der Waals surface area contributed by atoms with E-state index in [1.807, 2.05) is 0 Å². The Hall–Kier alpha value is -1.32. The van der Waals surface area contributed by atoms with Gasteiger partial charge in [0.05, 0.1) is 0 Å². The SMILES string of the molecule is O=C1CCCCC(=O)C(=O)C1=O. The van der Waals surface area contributed by atoms with Gasteiger partial charge in [0.2, 0.25) is 11.6 Å². The smallest absolute Gasteiger partial charge is 0.272 e. The van der Waals surface area contributed by atoms with Crippen LogP contribution in [-0.2, 0) is 19.2 Å². The van der Waals surface area contributed by atoms with E-state index in [-0.39, 0.29) is 12.8 Å². The molecule has 0 unspecified atom stereocenters. The number of hydrogen-bond donors (Lipinski definition) is 0. The van der Waals surface area contributed by atoms with E-state index in [0.29, 0.717) is 12.8 Å². The van der Waals surface area contributed by atoms with Crippen LogP contribution in [0.15, 0.2) is 0 Å². The number of hydrogen-bond acceptors (Lipinski definition) is 4. The van der Waals surface area contributed by atoms with Gasteiger partial charge in [-0.3, -0.25) is 19.2 Å². The van der Waals surface area contributed by atoms with Gasteiger partial charge in [-0.2, -0.15) is 0 Å². The Morgan fingerprint density at radius 1 is 0.667 bits per heavy atom. The van der Waals surface area contributed by atoms with E-state index < -0.39 is 23.1 Å². The molecule has 1 rings (SSSR count). The number of Topliss-reactive ketones (excluding diaryl/α,β-unsaturated/α-hetero) is 4. The van der Waals surface area contributed by atoms with Gasteiger partial charge < -0.3 is 0 Å². The maximum Gasteiger partial charge on any atom is 0.272 e. The minimum atomic E-state index is -1.14. The summed E-state index contributed by atoms with van der Waals surface area (Å²) in [7, 11) is 0. The van der Waals surface area contributed by atoms with Crippen molar-refractivity contribution in [1.82, 2.24) is 0 Å². The first-order valence-corrected chi connectivity index (χ1v) is 3.77. The highest BCUT2D eigenvalue weighted by molar-refractivity contribution is 6.78. The van der Waals surface area contributed by atoms with Crippen LogP contribution in [0.25, 0.3) is 0 Å². The maximum atomic E-state index is 10.8. The Balaban J connectivity index is 2.82. The minimum Gasteiger partial charge on any atom is -0.290 e. The lowest BCUT2D eigenvalue weighted by Crippen LogP contribution is -2.31. The van der Waals surface area contributed by atoms with Crippen molar-refractivity contribution in [3.63, 3.8) is 0 Å². The number of rotatable bonds is 0. The van der Waals surface area contributed by atoms with E-state index >= 15 is 0 Å². The van der Waals surface area contributed by atoms with Gasteiger partial charge in [-0.15, -0.1) is 0 Å². The van der Waals surface area contributed by atoms with Crippen LogP contribution in [0.4, 0.5) is 0 Å². The van der Waals surface area contributed by atoms with E-state index in [2.05, 4.69) is 0 Å². The molecule has 1 saturated carbocycles. The summed E-state index contributed by atoms with van der Waals surface area (Å²) in [6.07, 6.45) is 1.23. The summed E-state index contributed by atoms with van der Waals surface area (Å²) in [6, 6.07) is 0. The summed E-state index contributed by atoms with van der Waals surface area (Å²) >= 11 is 0. The molecule has 0 N–H and O–H groups in total. The van der Waals surface area contributed by atoms with Gasteiger partial charge in [-0.1, -0.05) is 0 Å². The van der Waals surface area contributed by atoms with Crippen LogP contribution in [0.3, 0.4) is 0 Å². The lowest BCUT2D eigenvalue weighted by molar-refractivity contribution is -0.149. The van der Waals surface area contributed by atoms with Crippen LogP contribution in [-0.4, -0.2) is 23.1 Å². The molecule has 0 bridgehead atoms. The topological polar surface area (TPSA) is 68.3 Å². The normalized spacial score (nSPS) is 20.7. The third kappa shape index (κ3) is 1.64. The van der Waals surface area contributed by atoms with E-state index in [4.69, 9.17) is 0 Å². The van der Waals surface area contributed by atoms with Gasteiger partial charge in [-0.25, -0.2) is 0 Å². The zero-order valence-electron chi connectivity index (χ0n) is 6.46. The number of ketones is 4. The van der Waals surface area contributed by atoms with Gasteiger partial charge >= 0.3 is 0 Å². The molecule has 0 saturated heterocycles. The molecule has 64 valence electrons. The van der Waals surface area contributed by atoms with Gasteiger partial charge in [0.25, 0.3) is 11.6 Å². The second-order valence-electron chi connectivity index (χ2n) is 2.71. The molecule has 1 aliphatic rings. The number of carbonyl (C=O) groups is 4. The lowest BCUT2D eigenvalue weighted by Gasteiger charge is -2.03. The largest absolute Gasteiger partial charge is 0.290 e. The van der Waals surface area contributed by atoms with Gasteiger partial charge in [0.1, 0.15) is 0 Å². The average Bonchev–Trinajstić information content (AvgIpc) is 2.07. The first kappa shape index (κ1) is 8.77. The Kier molecular flexibility index (Phi) is 2.47. The molecule has 0 amide bonds. The van der Waals surface area contributed by atoms with Gasteiger partial charge in [0.15, 0.2) is 0 Å². The van der Waals surface area contributed by atoms with E-state index in [0.717, 1.165) is 0 Å². The summed E-state index contributed by atoms with van der Waals surface area (Å²) in [6.45, 7) is 0. The Labute approximate surface area is 68.9 Å². The molecule has 0 aromatic heterocycles. The monoisotopic (exact) mass is 168 g/mol. The highest BCUT2D eigenvalue weighted by atomic mass is 16.2. The fraction of sp³-hybridized carbons (Fsp3) is 0.500. The lowest BCUT2D eigenvalue weighted by atomic mass is 9.97. The summed E-state index contributed by atoms with van der Waals surface area (Å²) in [5.41, 5.74) is 0. The van der Waals surface area contributed by atoms with E-state index in [9.17, 15) is 19.2 Å².